The number of phenols is 1. The molecule has 304 valence electrons. The molecule has 16 nitrogen and oxygen atoms in total. The number of amides is 1. The summed E-state index contributed by atoms with van der Waals surface area (Å²) in [4.78, 5) is 55.6. The van der Waals surface area contributed by atoms with Crippen molar-refractivity contribution in [2.45, 2.75) is 69.5 Å². The van der Waals surface area contributed by atoms with Crippen molar-refractivity contribution in [1.29, 1.82) is 0 Å². The number of aliphatic hydroxyl groups excluding tert-OH is 3. The minimum atomic E-state index is -2.27. The highest BCUT2D eigenvalue weighted by molar-refractivity contribution is 7.16. The van der Waals surface area contributed by atoms with Crippen molar-refractivity contribution in [2.75, 3.05) is 45.9 Å². The van der Waals surface area contributed by atoms with Gasteiger partial charge in [-0.25, -0.2) is 19.0 Å². The molecule has 3 atom stereocenters. The highest BCUT2D eigenvalue weighted by Gasteiger charge is 2.41. The number of nitrogens with zero attached hydrogens (tertiary/aromatic N) is 3. The van der Waals surface area contributed by atoms with Crippen molar-refractivity contribution in [3.05, 3.63) is 78.6 Å². The van der Waals surface area contributed by atoms with Crippen LogP contribution in [0.25, 0.3) is 10.2 Å². The Morgan fingerprint density at radius 1 is 1.05 bits per heavy atom. The molecule has 4 aromatic rings. The number of morpholine rings is 1. The monoisotopic (exact) mass is 819 g/mol. The largest absolute Gasteiger partial charge is 0.506 e. The third-order valence-electron chi connectivity index (χ3n) is 9.72. The topological polar surface area (TPSA) is 246 Å². The van der Waals surface area contributed by atoms with Crippen molar-refractivity contribution in [2.24, 2.45) is 0 Å². The first-order chi connectivity index (χ1) is 26.6. The van der Waals surface area contributed by atoms with Gasteiger partial charge in [0.25, 0.3) is 5.91 Å². The molecule has 0 bridgehead atoms. The first-order valence-electron chi connectivity index (χ1n) is 18.0. The number of fused-ring (bicyclic) bond motifs is 1. The zero-order valence-electron chi connectivity index (χ0n) is 30.8. The van der Waals surface area contributed by atoms with Gasteiger partial charge in [-0.05, 0) is 49.1 Å². The molecule has 2 aromatic heterocycles. The number of carboxylic acid groups (broad SMARTS) is 2. The van der Waals surface area contributed by atoms with E-state index < -0.39 is 30.3 Å². The van der Waals surface area contributed by atoms with E-state index in [1.54, 1.807) is 6.07 Å². The molecule has 2 saturated heterocycles. The molecule has 2 aliphatic rings. The minimum absolute atomic E-state index is 0.0206. The molecule has 8 N–H and O–H groups in total. The van der Waals surface area contributed by atoms with Crippen LogP contribution in [0.5, 0.6) is 5.75 Å². The number of hydrogen-bond donors (Lipinski definition) is 8. The number of carbonyl (C=O) groups excluding carboxylic acids is 1. The first kappa shape index (κ1) is 42.8. The number of aliphatic hydroxyl groups is 3. The van der Waals surface area contributed by atoms with Crippen molar-refractivity contribution < 1.29 is 54.2 Å². The van der Waals surface area contributed by atoms with E-state index in [0.717, 1.165) is 47.8 Å². The van der Waals surface area contributed by atoms with E-state index in [1.165, 1.54) is 23.5 Å². The quantitative estimate of drug-likeness (QED) is 0.0903. The van der Waals surface area contributed by atoms with Crippen molar-refractivity contribution in [3.8, 4) is 5.75 Å². The van der Waals surface area contributed by atoms with E-state index in [4.69, 9.17) is 25.2 Å². The molecule has 0 aliphatic carbocycles. The number of H-pyrrole nitrogens is 1. The molecule has 19 heteroatoms. The number of ether oxygens (including phenoxy) is 1. The number of hydrogen-bond acceptors (Lipinski definition) is 14. The number of benzene rings is 2. The van der Waals surface area contributed by atoms with Crippen molar-refractivity contribution >= 4 is 50.7 Å². The van der Waals surface area contributed by atoms with Crippen LogP contribution in [0.4, 0.5) is 4.39 Å². The van der Waals surface area contributed by atoms with E-state index >= 15 is 0 Å². The zero-order valence-corrected chi connectivity index (χ0v) is 32.4. The molecule has 2 fully saturated rings. The molecule has 1 spiro atoms. The number of aromatic nitrogens is 2. The van der Waals surface area contributed by atoms with Gasteiger partial charge in [0.15, 0.2) is 12.2 Å². The summed E-state index contributed by atoms with van der Waals surface area (Å²) in [5.41, 5.74) is 2.69. The lowest BCUT2D eigenvalue weighted by Crippen LogP contribution is -2.58. The molecule has 4 heterocycles. The van der Waals surface area contributed by atoms with Gasteiger partial charge in [0.2, 0.25) is 0 Å². The summed E-state index contributed by atoms with van der Waals surface area (Å²) in [6, 6.07) is 8.32. The van der Waals surface area contributed by atoms with Crippen LogP contribution in [0.2, 0.25) is 0 Å². The second-order valence-electron chi connectivity index (χ2n) is 14.1. The number of nitrogens with one attached hydrogen (secondary N) is 2. The Morgan fingerprint density at radius 3 is 2.39 bits per heavy atom. The van der Waals surface area contributed by atoms with Crippen molar-refractivity contribution in [1.82, 2.24) is 25.1 Å². The van der Waals surface area contributed by atoms with Gasteiger partial charge in [-0.15, -0.1) is 11.3 Å². The maximum absolute atomic E-state index is 14.7. The summed E-state index contributed by atoms with van der Waals surface area (Å²) in [5.74, 6) is -3.56. The molecule has 56 heavy (non-hydrogen) atoms. The highest BCUT2D eigenvalue weighted by Crippen LogP contribution is 2.33. The summed E-state index contributed by atoms with van der Waals surface area (Å²) in [5, 5.41) is 59.3. The first-order valence-corrected chi connectivity index (χ1v) is 19.7. The van der Waals surface area contributed by atoms with Gasteiger partial charge in [0.05, 0.1) is 34.6 Å². The molecule has 1 amide bonds. The van der Waals surface area contributed by atoms with Gasteiger partial charge in [0, 0.05) is 49.6 Å². The number of piperidine rings is 1. The number of aromatic amines is 1. The number of carbonyl (C=O) groups is 3. The van der Waals surface area contributed by atoms with Crippen LogP contribution in [0.3, 0.4) is 0 Å². The number of aliphatic carboxylic acids is 2. The lowest BCUT2D eigenvalue weighted by atomic mass is 9.89. The standard InChI is InChI=1S/C33H40FN5O5S2.C4H6O6/c1-20(2)30-36-25(18-45-30)31(42)39-13-14-44-33(19-39)8-11-38(12-9-33)17-21-3-5-24(34)22(15-21)7-10-35-16-27(41)23-4-6-26(40)28-29(23)46-32(43)37-28;5-1(3(7)8)2(6)4(9)10/h3-6,15,18,20,27,35,40-41H,7-14,16-17,19H2,1-2H3,(H,37,43);1-2,5-6H,(H,7,8)(H,9,10)/t27-;/m0./s1. The van der Waals surface area contributed by atoms with E-state index in [9.17, 15) is 33.8 Å². The third-order valence-corrected chi connectivity index (χ3v) is 11.8. The summed E-state index contributed by atoms with van der Waals surface area (Å²) >= 11 is 2.48. The average Bonchev–Trinajstić information content (AvgIpc) is 3.83. The summed E-state index contributed by atoms with van der Waals surface area (Å²) < 4.78 is 21.5. The molecule has 2 unspecified atom stereocenters. The lowest BCUT2D eigenvalue weighted by molar-refractivity contribution is -0.165. The number of halogens is 1. The lowest BCUT2D eigenvalue weighted by Gasteiger charge is -2.47. The second kappa shape index (κ2) is 18.7. The molecular weight excluding hydrogens is 774 g/mol. The maximum Gasteiger partial charge on any atom is 0.335 e. The van der Waals surface area contributed by atoms with Gasteiger partial charge in [0.1, 0.15) is 22.8 Å². The van der Waals surface area contributed by atoms with Gasteiger partial charge >= 0.3 is 16.8 Å². The molecule has 0 radical (unpaired) electrons. The smallest absolute Gasteiger partial charge is 0.335 e. The van der Waals surface area contributed by atoms with E-state index in [-0.39, 0.29) is 34.5 Å². The molecule has 6 rings (SSSR count). The fourth-order valence-corrected chi connectivity index (χ4v) is 8.30. The van der Waals surface area contributed by atoms with Gasteiger partial charge in [-0.2, -0.15) is 0 Å². The zero-order chi connectivity index (χ0) is 40.7. The van der Waals surface area contributed by atoms with E-state index in [2.05, 4.69) is 34.0 Å². The Hall–Kier alpha value is -4.34. The predicted octanol–water partition coefficient (Wildman–Crippen LogP) is 2.26. The number of rotatable bonds is 13. The third kappa shape index (κ3) is 10.5. The fraction of sp³-hybridized carbons (Fsp3) is 0.486. The molecule has 0 saturated carbocycles. The number of likely N-dealkylation sites (tertiary alicyclic amines) is 1. The Bertz CT molecular complexity index is 2040. The fourth-order valence-electron chi connectivity index (χ4n) is 6.57. The number of phenolic OH excluding ortho intramolecular Hbond substituents is 1. The van der Waals surface area contributed by atoms with Crippen LogP contribution in [0, 0.1) is 5.82 Å². The van der Waals surface area contributed by atoms with Crippen LogP contribution in [0.1, 0.15) is 70.9 Å². The van der Waals surface area contributed by atoms with E-state index in [0.29, 0.717) is 72.2 Å². The Balaban J connectivity index is 0.000000530. The number of aromatic hydroxyl groups is 1. The van der Waals surface area contributed by atoms with Crippen LogP contribution < -0.4 is 10.2 Å². The van der Waals surface area contributed by atoms with Crippen molar-refractivity contribution in [3.63, 3.8) is 0 Å². The molecule has 2 aromatic carbocycles. The van der Waals surface area contributed by atoms with Crippen LogP contribution in [0.15, 0.2) is 40.5 Å². The summed E-state index contributed by atoms with van der Waals surface area (Å²) in [7, 11) is 0. The van der Waals surface area contributed by atoms with Crippen LogP contribution in [-0.4, -0.2) is 132 Å². The minimum Gasteiger partial charge on any atom is -0.506 e. The van der Waals surface area contributed by atoms with Crippen LogP contribution >= 0.6 is 22.7 Å². The summed E-state index contributed by atoms with van der Waals surface area (Å²) in [6.45, 7) is 8.84. The van der Waals surface area contributed by atoms with Gasteiger partial charge < -0.3 is 50.6 Å². The number of thiazole rings is 2. The van der Waals surface area contributed by atoms with Gasteiger partial charge in [-0.3, -0.25) is 14.5 Å². The normalized spacial score (nSPS) is 17.4. The van der Waals surface area contributed by atoms with Crippen LogP contribution in [-0.2, 0) is 27.3 Å². The second-order valence-corrected chi connectivity index (χ2v) is 16.0. The molecular formula is C37H46FN5O11S2. The average molecular weight is 820 g/mol. The Labute approximate surface area is 328 Å². The number of carboxylic acids is 2. The summed E-state index contributed by atoms with van der Waals surface area (Å²) in [6.07, 6.45) is -3.34. The molecule has 2 aliphatic heterocycles. The SMILES string of the molecule is CC(C)c1nc(C(=O)N2CCOC3(CCN(Cc4ccc(F)c(CCNC[C@H](O)c5ccc(O)c6[nH]c(=O)sc56)c4)CC3)C2)cs1.O=C(O)C(O)C(O)C(=O)O. The highest BCUT2D eigenvalue weighted by atomic mass is 32.1. The maximum atomic E-state index is 14.7. The predicted molar refractivity (Wildman–Crippen MR) is 205 cm³/mol. The Morgan fingerprint density at radius 2 is 1.75 bits per heavy atom. The van der Waals surface area contributed by atoms with Gasteiger partial charge in [-0.1, -0.05) is 43.4 Å². The van der Waals surface area contributed by atoms with E-state index in [1.807, 2.05) is 22.4 Å². The Kier molecular flexibility index (Phi) is 14.3.